The van der Waals surface area contributed by atoms with Crippen molar-refractivity contribution in [2.75, 3.05) is 6.54 Å². The summed E-state index contributed by atoms with van der Waals surface area (Å²) in [6.45, 7) is 4.15. The monoisotopic (exact) mass is 358 g/mol. The predicted octanol–water partition coefficient (Wildman–Crippen LogP) is 1.45. The molecule has 3 atom stereocenters. The topological polar surface area (TPSA) is 105 Å². The van der Waals surface area contributed by atoms with E-state index < -0.39 is 18.1 Å². The predicted molar refractivity (Wildman–Crippen MR) is 94.7 cm³/mol. The van der Waals surface area contributed by atoms with Crippen LogP contribution >= 0.6 is 0 Å². The average Bonchev–Trinajstić information content (AvgIpc) is 3.14. The van der Waals surface area contributed by atoms with Gasteiger partial charge in [0.05, 0.1) is 5.39 Å². The lowest BCUT2D eigenvalue weighted by atomic mass is 9.97. The van der Waals surface area contributed by atoms with Gasteiger partial charge in [0.2, 0.25) is 5.91 Å². The third-order valence-corrected chi connectivity index (χ3v) is 5.11. The van der Waals surface area contributed by atoms with Crippen molar-refractivity contribution in [2.24, 2.45) is 5.92 Å². The first-order valence-corrected chi connectivity index (χ1v) is 8.83. The highest BCUT2D eigenvalue weighted by molar-refractivity contribution is 5.87. The van der Waals surface area contributed by atoms with Gasteiger partial charge in [0.25, 0.3) is 5.56 Å². The van der Waals surface area contributed by atoms with Gasteiger partial charge in [-0.3, -0.25) is 9.59 Å². The third kappa shape index (κ3) is 3.07. The summed E-state index contributed by atoms with van der Waals surface area (Å²) in [5.74, 6) is -1.59. The van der Waals surface area contributed by atoms with Gasteiger partial charge in [0, 0.05) is 6.54 Å². The van der Waals surface area contributed by atoms with Gasteiger partial charge in [-0.25, -0.2) is 4.79 Å². The van der Waals surface area contributed by atoms with Gasteiger partial charge in [-0.15, -0.1) is 5.10 Å². The van der Waals surface area contributed by atoms with Crippen molar-refractivity contribution in [3.63, 3.8) is 0 Å². The molecule has 0 bridgehead atoms. The number of carbonyl (C=O) groups excluding carboxylic acids is 1. The Balaban J connectivity index is 2.07. The minimum Gasteiger partial charge on any atom is -0.480 e. The maximum atomic E-state index is 13.2. The average molecular weight is 358 g/mol. The van der Waals surface area contributed by atoms with Gasteiger partial charge in [-0.1, -0.05) is 37.6 Å². The van der Waals surface area contributed by atoms with Crippen molar-refractivity contribution in [1.82, 2.24) is 19.9 Å². The molecule has 0 saturated carbocycles. The summed E-state index contributed by atoms with van der Waals surface area (Å²) in [6, 6.07) is 5.12. The molecule has 3 unspecified atom stereocenters. The normalized spacial score (nSPS) is 19.5. The van der Waals surface area contributed by atoms with Crippen LogP contribution in [0.15, 0.2) is 29.1 Å². The lowest BCUT2D eigenvalue weighted by Gasteiger charge is -2.29. The fraction of sp³-hybridized carbons (Fsp3) is 0.500. The number of carbonyl (C=O) groups is 2. The van der Waals surface area contributed by atoms with E-state index in [0.29, 0.717) is 36.7 Å². The molecular formula is C18H22N4O4. The Morgan fingerprint density at radius 1 is 1.35 bits per heavy atom. The van der Waals surface area contributed by atoms with Crippen molar-refractivity contribution in [3.8, 4) is 0 Å². The Kier molecular flexibility index (Phi) is 5.01. The molecule has 26 heavy (non-hydrogen) atoms. The molecule has 1 aromatic heterocycles. The molecule has 8 nitrogen and oxygen atoms in total. The number of hydrogen-bond donors (Lipinski definition) is 1. The second kappa shape index (κ2) is 7.23. The van der Waals surface area contributed by atoms with Crippen LogP contribution in [0.1, 0.15) is 39.2 Å². The zero-order valence-corrected chi connectivity index (χ0v) is 14.8. The largest absolute Gasteiger partial charge is 0.480 e. The van der Waals surface area contributed by atoms with Crippen LogP contribution in [0, 0.1) is 5.92 Å². The van der Waals surface area contributed by atoms with Crippen LogP contribution in [0.4, 0.5) is 0 Å². The lowest BCUT2D eigenvalue weighted by Crippen LogP contribution is -2.48. The number of hydrogen-bond acceptors (Lipinski definition) is 5. The second-order valence-electron chi connectivity index (χ2n) is 6.71. The first kappa shape index (κ1) is 18.0. The first-order valence-electron chi connectivity index (χ1n) is 8.83. The Morgan fingerprint density at radius 3 is 2.77 bits per heavy atom. The molecule has 1 amide bonds. The summed E-state index contributed by atoms with van der Waals surface area (Å²) in [7, 11) is 0. The molecule has 1 aliphatic heterocycles. The number of likely N-dealkylation sites (tertiary alicyclic amines) is 1. The van der Waals surface area contributed by atoms with E-state index in [-0.39, 0.29) is 17.4 Å². The Hall–Kier alpha value is -2.77. The first-order chi connectivity index (χ1) is 12.5. The summed E-state index contributed by atoms with van der Waals surface area (Å²) in [4.78, 5) is 38.9. The highest BCUT2D eigenvalue weighted by Gasteiger charge is 2.40. The molecule has 0 spiro atoms. The minimum absolute atomic E-state index is 0.189. The van der Waals surface area contributed by atoms with Crippen LogP contribution in [-0.2, 0) is 9.59 Å². The van der Waals surface area contributed by atoms with E-state index in [0.717, 1.165) is 4.68 Å². The van der Waals surface area contributed by atoms with Crippen molar-refractivity contribution in [1.29, 1.82) is 0 Å². The maximum absolute atomic E-state index is 13.2. The van der Waals surface area contributed by atoms with Crippen LogP contribution in [0.3, 0.4) is 0 Å². The molecule has 1 saturated heterocycles. The number of amides is 1. The molecule has 3 rings (SSSR count). The quantitative estimate of drug-likeness (QED) is 0.867. The number of nitrogens with zero attached hydrogens (tertiary/aromatic N) is 4. The van der Waals surface area contributed by atoms with Gasteiger partial charge >= 0.3 is 5.97 Å². The van der Waals surface area contributed by atoms with Crippen molar-refractivity contribution in [2.45, 2.75) is 45.2 Å². The maximum Gasteiger partial charge on any atom is 0.326 e. The second-order valence-corrected chi connectivity index (χ2v) is 6.71. The Morgan fingerprint density at radius 2 is 2.08 bits per heavy atom. The van der Waals surface area contributed by atoms with E-state index in [9.17, 15) is 19.5 Å². The molecule has 1 N–H and O–H groups in total. The number of carboxylic acid groups (broad SMARTS) is 1. The van der Waals surface area contributed by atoms with Gasteiger partial charge < -0.3 is 10.0 Å². The van der Waals surface area contributed by atoms with Crippen LogP contribution < -0.4 is 5.56 Å². The molecule has 0 aliphatic carbocycles. The number of aliphatic carboxylic acids is 1. The Labute approximate surface area is 150 Å². The number of fused-ring (bicyclic) bond motifs is 1. The zero-order chi connectivity index (χ0) is 18.8. The summed E-state index contributed by atoms with van der Waals surface area (Å²) in [6.07, 6.45) is 1.70. The molecular weight excluding hydrogens is 336 g/mol. The summed E-state index contributed by atoms with van der Waals surface area (Å²) in [5.41, 5.74) is 0.0778. The highest BCUT2D eigenvalue weighted by Crippen LogP contribution is 2.27. The van der Waals surface area contributed by atoms with Gasteiger partial charge in [-0.2, -0.15) is 4.68 Å². The molecule has 8 heteroatoms. The fourth-order valence-corrected chi connectivity index (χ4v) is 3.45. The summed E-state index contributed by atoms with van der Waals surface area (Å²) < 4.78 is 1.12. The number of aromatic nitrogens is 3. The number of rotatable bonds is 5. The van der Waals surface area contributed by atoms with E-state index in [1.165, 1.54) is 4.90 Å². The van der Waals surface area contributed by atoms with Gasteiger partial charge in [0.15, 0.2) is 0 Å². The molecule has 138 valence electrons. The van der Waals surface area contributed by atoms with Crippen molar-refractivity contribution in [3.05, 3.63) is 34.6 Å². The standard InChI is InChI=1S/C18H22N4O4/c1-3-11(2)15(17(24)21-10-6-9-14(21)18(25)26)22-16(23)12-7-4-5-8-13(12)19-20-22/h4-5,7-8,11,14-15H,3,6,9-10H2,1-2H3,(H,25,26). The smallest absolute Gasteiger partial charge is 0.326 e. The van der Waals surface area contributed by atoms with E-state index >= 15 is 0 Å². The minimum atomic E-state index is -1.02. The molecule has 2 aromatic rings. The molecule has 1 fully saturated rings. The van der Waals surface area contributed by atoms with Crippen molar-refractivity contribution < 1.29 is 14.7 Å². The van der Waals surface area contributed by atoms with Crippen LogP contribution in [0.2, 0.25) is 0 Å². The molecule has 0 radical (unpaired) electrons. The Bertz CT molecular complexity index is 894. The summed E-state index contributed by atoms with van der Waals surface area (Å²) in [5, 5.41) is 17.8. The fourth-order valence-electron chi connectivity index (χ4n) is 3.45. The number of carboxylic acids is 1. The van der Waals surface area contributed by atoms with E-state index in [2.05, 4.69) is 10.3 Å². The van der Waals surface area contributed by atoms with E-state index in [1.54, 1.807) is 24.3 Å². The highest BCUT2D eigenvalue weighted by atomic mass is 16.4. The van der Waals surface area contributed by atoms with E-state index in [4.69, 9.17) is 0 Å². The van der Waals surface area contributed by atoms with Gasteiger partial charge in [0.1, 0.15) is 17.6 Å². The zero-order valence-electron chi connectivity index (χ0n) is 14.8. The third-order valence-electron chi connectivity index (χ3n) is 5.11. The number of benzene rings is 1. The summed E-state index contributed by atoms with van der Waals surface area (Å²) >= 11 is 0. The van der Waals surface area contributed by atoms with Crippen LogP contribution in [-0.4, -0.2) is 49.5 Å². The molecule has 1 aromatic carbocycles. The molecule has 1 aliphatic rings. The van der Waals surface area contributed by atoms with Crippen LogP contribution in [0.25, 0.3) is 10.9 Å². The van der Waals surface area contributed by atoms with Gasteiger partial charge in [-0.05, 0) is 30.9 Å². The SMILES string of the molecule is CCC(C)C(C(=O)N1CCCC1C(=O)O)n1nnc2ccccc2c1=O. The lowest BCUT2D eigenvalue weighted by molar-refractivity contribution is -0.150. The van der Waals surface area contributed by atoms with E-state index in [1.807, 2.05) is 13.8 Å². The molecule has 2 heterocycles. The van der Waals surface area contributed by atoms with Crippen LogP contribution in [0.5, 0.6) is 0 Å². The van der Waals surface area contributed by atoms with Crippen molar-refractivity contribution >= 4 is 22.8 Å².